The van der Waals surface area contributed by atoms with Crippen LogP contribution in [0.4, 0.5) is 0 Å². The van der Waals surface area contributed by atoms with Crippen LogP contribution in [0.2, 0.25) is 0 Å². The average molecular weight is 1230 g/mol. The number of aromatic nitrogens is 5. The van der Waals surface area contributed by atoms with Crippen molar-refractivity contribution in [1.29, 1.82) is 0 Å². The first kappa shape index (κ1) is 77.9. The molecule has 11 rings (SSSR count). The molecular formula is C70H136N12O3S. The second-order valence-corrected chi connectivity index (χ2v) is 32.6. The van der Waals surface area contributed by atoms with Crippen molar-refractivity contribution in [3.8, 4) is 0 Å². The van der Waals surface area contributed by atoms with Crippen molar-refractivity contribution in [1.82, 2.24) is 59.7 Å². The van der Waals surface area contributed by atoms with Gasteiger partial charge in [0.2, 0.25) is 0 Å². The number of thiazole rings is 1. The molecule has 0 bridgehead atoms. The number of nitrogens with zero attached hydrogens (tertiary/aromatic N) is 10. The van der Waals surface area contributed by atoms with E-state index in [0.29, 0.717) is 45.4 Å². The third-order valence-corrected chi connectivity index (χ3v) is 18.9. The van der Waals surface area contributed by atoms with Crippen molar-refractivity contribution in [2.24, 2.45) is 10.8 Å². The van der Waals surface area contributed by atoms with Crippen LogP contribution >= 0.6 is 11.3 Å². The highest BCUT2D eigenvalue weighted by molar-refractivity contribution is 7.09. The molecule has 500 valence electrons. The van der Waals surface area contributed by atoms with Crippen LogP contribution < -0.4 is 5.32 Å². The summed E-state index contributed by atoms with van der Waals surface area (Å²) in [7, 11) is 0. The van der Waals surface area contributed by atoms with Crippen molar-refractivity contribution < 1.29 is 14.2 Å². The zero-order valence-electron chi connectivity index (χ0n) is 60.0. The standard InChI is InChI=1S/C10H19NO.C9H17NO.C9H19N.C8H18N2.C7H12N2.C7H15NO.C7H11NS.C7H15N.C6H10N2/c1-9(2)11-5-3-4-10(6-11)7-12-8-10;1-8(2)10-4-3-9(5-10)6-11-7-9;1-9(2,3)10-7-5-4-6-8-10;1-8(2,3)10-6-4-9-5-7-10;1-7(2,3)9-6-4-5-8-9;1-7(2)8-3-5-9-6-4-8;1-7(2,3)6-8-4-5-9-6;1-7(2,3)8-5-4-6-8;1-5(2)6-3-7-8-4-6/h9H,3-8H2,1-2H3;8H,3-7H2,1-2H3;4-8H2,1-3H3;9H,4-7H2,1-3H3;4-6H,1-3H3;7H,3-6H2,1-2H3;4-5H,1-3H3;4-6H2,1-3H3;3-5H,1-2H3,(H,7,8). The number of aromatic amines is 1. The van der Waals surface area contributed by atoms with E-state index in [-0.39, 0.29) is 11.0 Å². The topological polar surface area (TPSA) is 119 Å². The monoisotopic (exact) mass is 1230 g/mol. The summed E-state index contributed by atoms with van der Waals surface area (Å²) >= 11 is 1.72. The van der Waals surface area contributed by atoms with Crippen LogP contribution in [0.15, 0.2) is 42.4 Å². The number of likely N-dealkylation sites (tertiary alicyclic amines) is 4. The van der Waals surface area contributed by atoms with Crippen molar-refractivity contribution in [3.63, 3.8) is 0 Å². The second-order valence-electron chi connectivity index (χ2n) is 31.7. The zero-order chi connectivity index (χ0) is 64.4. The highest BCUT2D eigenvalue weighted by Gasteiger charge is 2.45. The van der Waals surface area contributed by atoms with E-state index in [0.717, 1.165) is 71.9 Å². The molecule has 8 fully saturated rings. The minimum Gasteiger partial charge on any atom is -0.380 e. The van der Waals surface area contributed by atoms with Crippen LogP contribution in [0.25, 0.3) is 0 Å². The van der Waals surface area contributed by atoms with Gasteiger partial charge in [-0.2, -0.15) is 10.2 Å². The normalized spacial score (nSPS) is 21.2. The Bertz CT molecular complexity index is 2030. The van der Waals surface area contributed by atoms with Gasteiger partial charge in [-0.3, -0.25) is 29.4 Å². The van der Waals surface area contributed by atoms with Crippen LogP contribution in [0.5, 0.6) is 0 Å². The van der Waals surface area contributed by atoms with Crippen molar-refractivity contribution in [2.75, 3.05) is 131 Å². The minimum absolute atomic E-state index is 0.128. The van der Waals surface area contributed by atoms with Crippen molar-refractivity contribution in [3.05, 3.63) is 53.0 Å². The first-order chi connectivity index (χ1) is 40.1. The van der Waals surface area contributed by atoms with Crippen LogP contribution in [0.3, 0.4) is 0 Å². The molecule has 0 aromatic carbocycles. The number of morpholine rings is 1. The summed E-state index contributed by atoms with van der Waals surface area (Å²) in [6, 6.07) is 4.05. The fourth-order valence-electron chi connectivity index (χ4n) is 11.2. The largest absolute Gasteiger partial charge is 0.380 e. The van der Waals surface area contributed by atoms with Crippen molar-refractivity contribution in [2.45, 2.75) is 256 Å². The van der Waals surface area contributed by atoms with Gasteiger partial charge in [0.1, 0.15) is 0 Å². The van der Waals surface area contributed by atoms with Crippen LogP contribution in [-0.4, -0.2) is 220 Å². The lowest BCUT2D eigenvalue weighted by molar-refractivity contribution is -0.147. The SMILES string of the molecule is CC(C)(C)N1CCC1.CC(C)(C)N1CCCCC1.CC(C)(C)N1CCNCC1.CC(C)(C)c1nccs1.CC(C)(C)n1cccn1.CC(C)N1CCC2(COC2)C1.CC(C)N1CCCC2(COC2)C1.CC(C)N1CCOCC1.CC(C)c1cn[nH]c1. The smallest absolute Gasteiger partial charge is 0.0978 e. The maximum Gasteiger partial charge on any atom is 0.0978 e. The van der Waals surface area contributed by atoms with E-state index in [2.05, 4.69) is 214 Å². The van der Waals surface area contributed by atoms with Gasteiger partial charge in [-0.15, -0.1) is 11.3 Å². The summed E-state index contributed by atoms with van der Waals surface area (Å²) in [5.74, 6) is 0.591. The number of H-pyrrole nitrogens is 1. The van der Waals surface area contributed by atoms with E-state index >= 15 is 0 Å². The molecule has 8 aliphatic heterocycles. The molecule has 8 aliphatic rings. The minimum atomic E-state index is 0.128. The molecule has 2 N–H and O–H groups in total. The maximum atomic E-state index is 5.32. The molecule has 3 aromatic rings. The van der Waals surface area contributed by atoms with E-state index in [1.165, 1.54) is 121 Å². The third kappa shape index (κ3) is 29.7. The number of nitrogens with one attached hydrogen (secondary N) is 2. The second kappa shape index (κ2) is 37.2. The first-order valence-electron chi connectivity index (χ1n) is 33.9. The molecule has 0 aliphatic carbocycles. The molecule has 0 amide bonds. The summed E-state index contributed by atoms with van der Waals surface area (Å²) in [5.41, 5.74) is 3.95. The third-order valence-electron chi connectivity index (χ3n) is 17.7. The molecule has 8 saturated heterocycles. The Morgan fingerprint density at radius 2 is 1.00 bits per heavy atom. The van der Waals surface area contributed by atoms with Gasteiger partial charge >= 0.3 is 0 Å². The van der Waals surface area contributed by atoms with E-state index in [4.69, 9.17) is 14.2 Å². The molecule has 0 atom stereocenters. The Morgan fingerprint density at radius 1 is 0.512 bits per heavy atom. The van der Waals surface area contributed by atoms with Crippen LogP contribution in [0.1, 0.15) is 221 Å². The maximum absolute atomic E-state index is 5.32. The number of ether oxygens (including phenoxy) is 3. The predicted octanol–water partition coefficient (Wildman–Crippen LogP) is 13.4. The first-order valence-corrected chi connectivity index (χ1v) is 34.8. The lowest BCUT2D eigenvalue weighted by Gasteiger charge is -2.49. The molecule has 0 radical (unpaired) electrons. The molecule has 2 spiro atoms. The van der Waals surface area contributed by atoms with E-state index in [1.54, 1.807) is 17.5 Å². The van der Waals surface area contributed by atoms with Gasteiger partial charge in [-0.25, -0.2) is 4.98 Å². The number of rotatable bonds is 4. The zero-order valence-corrected chi connectivity index (χ0v) is 60.9. The van der Waals surface area contributed by atoms with Crippen LogP contribution in [0, 0.1) is 10.8 Å². The lowest BCUT2D eigenvalue weighted by Crippen LogP contribution is -2.55. The molecular weight excluding hydrogens is 1090 g/mol. The summed E-state index contributed by atoms with van der Waals surface area (Å²) in [6.07, 6.45) is 19.1. The molecule has 3 aromatic heterocycles. The number of piperazine rings is 1. The van der Waals surface area contributed by atoms with E-state index in [9.17, 15) is 0 Å². The van der Waals surface area contributed by atoms with E-state index in [1.807, 2.05) is 40.9 Å². The van der Waals surface area contributed by atoms with Gasteiger partial charge in [-0.05, 0) is 220 Å². The molecule has 86 heavy (non-hydrogen) atoms. The Kier molecular flexibility index (Phi) is 33.7. The highest BCUT2D eigenvalue weighted by Crippen LogP contribution is 2.39. The molecule has 15 nitrogen and oxygen atoms in total. The Hall–Kier alpha value is -2.35. The van der Waals surface area contributed by atoms with Crippen molar-refractivity contribution >= 4 is 11.3 Å². The number of piperidine rings is 2. The Balaban J connectivity index is 0.000000254. The lowest BCUT2D eigenvalue weighted by atomic mass is 9.78. The Morgan fingerprint density at radius 3 is 1.27 bits per heavy atom. The summed E-state index contributed by atoms with van der Waals surface area (Å²) in [5, 5.41) is 17.3. The highest BCUT2D eigenvalue weighted by atomic mass is 32.1. The fraction of sp³-hybridized carbons (Fsp3) is 0.871. The summed E-state index contributed by atoms with van der Waals surface area (Å²) < 4.78 is 17.7. The number of hydrogen-bond acceptors (Lipinski definition) is 14. The number of hydrogen-bond donors (Lipinski definition) is 2. The van der Waals surface area contributed by atoms with Gasteiger partial charge in [0, 0.05) is 134 Å². The van der Waals surface area contributed by atoms with Gasteiger partial charge in [-0.1, -0.05) is 41.0 Å². The van der Waals surface area contributed by atoms with Gasteiger partial charge in [0.25, 0.3) is 0 Å². The molecule has 11 heterocycles. The fourth-order valence-corrected chi connectivity index (χ4v) is 11.9. The molecule has 0 unspecified atom stereocenters. The van der Waals surface area contributed by atoms with Gasteiger partial charge in [0.05, 0.1) is 56.4 Å². The predicted molar refractivity (Wildman–Crippen MR) is 367 cm³/mol. The molecule has 16 heteroatoms. The van der Waals surface area contributed by atoms with Gasteiger partial charge < -0.3 is 29.3 Å². The quantitative estimate of drug-likeness (QED) is 0.258. The average Bonchev–Trinajstić information content (AvgIpc) is 2.38. The van der Waals surface area contributed by atoms with E-state index < -0.39 is 0 Å². The summed E-state index contributed by atoms with van der Waals surface area (Å²) in [6.45, 7) is 74.4. The van der Waals surface area contributed by atoms with Gasteiger partial charge in [0.15, 0.2) is 0 Å². The van der Waals surface area contributed by atoms with Crippen LogP contribution in [-0.2, 0) is 25.2 Å². The Labute approximate surface area is 533 Å². The summed E-state index contributed by atoms with van der Waals surface area (Å²) in [4.78, 5) is 19.4. The molecule has 0 saturated carbocycles.